The fourth-order valence-corrected chi connectivity index (χ4v) is 4.28. The lowest BCUT2D eigenvalue weighted by Crippen LogP contribution is -2.39. The van der Waals surface area contributed by atoms with Gasteiger partial charge in [-0.15, -0.1) is 0 Å². The van der Waals surface area contributed by atoms with Gasteiger partial charge in [0.05, 0.1) is 0 Å². The third-order valence-corrected chi connectivity index (χ3v) is 5.90. The third-order valence-electron chi connectivity index (χ3n) is 5.90. The lowest BCUT2D eigenvalue weighted by molar-refractivity contribution is 0.0918. The molecular formula is C23H23NO3. The van der Waals surface area contributed by atoms with Crippen molar-refractivity contribution in [3.8, 4) is 0 Å². The Kier molecular flexibility index (Phi) is 4.65. The summed E-state index contributed by atoms with van der Waals surface area (Å²) >= 11 is 0. The van der Waals surface area contributed by atoms with E-state index in [2.05, 4.69) is 12.2 Å². The molecule has 0 bridgehead atoms. The summed E-state index contributed by atoms with van der Waals surface area (Å²) in [6, 6.07) is 11.7. The number of hydrogen-bond acceptors (Lipinski definition) is 3. The molecule has 0 radical (unpaired) electrons. The molecule has 1 atom stereocenters. The zero-order valence-corrected chi connectivity index (χ0v) is 15.5. The Hall–Kier alpha value is -2.75. The number of carbonyl (C=O) groups excluding carboxylic acids is 3. The molecule has 0 saturated heterocycles. The van der Waals surface area contributed by atoms with E-state index in [1.54, 1.807) is 42.5 Å². The van der Waals surface area contributed by atoms with Gasteiger partial charge in [-0.25, -0.2) is 0 Å². The minimum atomic E-state index is -0.199. The van der Waals surface area contributed by atoms with Crippen LogP contribution in [0.3, 0.4) is 0 Å². The van der Waals surface area contributed by atoms with Crippen molar-refractivity contribution >= 4 is 17.5 Å². The summed E-state index contributed by atoms with van der Waals surface area (Å²) in [7, 11) is 0. The van der Waals surface area contributed by atoms with E-state index in [-0.39, 0.29) is 23.5 Å². The summed E-state index contributed by atoms with van der Waals surface area (Å²) < 4.78 is 0. The van der Waals surface area contributed by atoms with Gasteiger partial charge in [-0.3, -0.25) is 14.4 Å². The number of fused-ring (bicyclic) bond motifs is 2. The van der Waals surface area contributed by atoms with Gasteiger partial charge in [0, 0.05) is 33.9 Å². The van der Waals surface area contributed by atoms with Crippen LogP contribution in [0.15, 0.2) is 42.5 Å². The Morgan fingerprint density at radius 3 is 2.15 bits per heavy atom. The van der Waals surface area contributed by atoms with Crippen LogP contribution in [0, 0.1) is 5.92 Å². The minimum absolute atomic E-state index is 0.104. The Labute approximate surface area is 159 Å². The lowest BCUT2D eigenvalue weighted by Gasteiger charge is -2.28. The molecule has 2 aromatic rings. The largest absolute Gasteiger partial charge is 0.349 e. The van der Waals surface area contributed by atoms with Crippen molar-refractivity contribution in [3.05, 3.63) is 70.3 Å². The van der Waals surface area contributed by atoms with E-state index < -0.39 is 0 Å². The summed E-state index contributed by atoms with van der Waals surface area (Å²) in [5.74, 6) is -0.0386. The quantitative estimate of drug-likeness (QED) is 0.762. The SMILES string of the molecule is C[C@@H](NC(=O)c1ccc2c(c1)C(=O)c1ccccc1C2=O)C1CCCCC1. The van der Waals surface area contributed by atoms with Gasteiger partial charge in [0.1, 0.15) is 0 Å². The van der Waals surface area contributed by atoms with Crippen molar-refractivity contribution in [2.24, 2.45) is 5.92 Å². The summed E-state index contributed by atoms with van der Waals surface area (Å²) in [4.78, 5) is 38.2. The van der Waals surface area contributed by atoms with Gasteiger partial charge in [-0.05, 0) is 43.9 Å². The average Bonchev–Trinajstić information content (AvgIpc) is 2.72. The first-order chi connectivity index (χ1) is 13.1. The number of hydrogen-bond donors (Lipinski definition) is 1. The molecule has 0 aliphatic heterocycles. The van der Waals surface area contributed by atoms with Crippen LogP contribution in [0.1, 0.15) is 81.2 Å². The van der Waals surface area contributed by atoms with Crippen molar-refractivity contribution in [1.82, 2.24) is 5.32 Å². The molecule has 1 fully saturated rings. The molecule has 0 spiro atoms. The van der Waals surface area contributed by atoms with Gasteiger partial charge < -0.3 is 5.32 Å². The zero-order chi connectivity index (χ0) is 19.0. The average molecular weight is 361 g/mol. The maximum atomic E-state index is 12.8. The van der Waals surface area contributed by atoms with Crippen molar-refractivity contribution in [2.75, 3.05) is 0 Å². The Bertz CT molecular complexity index is 925. The smallest absolute Gasteiger partial charge is 0.251 e. The molecule has 0 aromatic heterocycles. The molecular weight excluding hydrogens is 338 g/mol. The van der Waals surface area contributed by atoms with E-state index in [1.807, 2.05) is 0 Å². The molecule has 4 nitrogen and oxygen atoms in total. The highest BCUT2D eigenvalue weighted by Gasteiger charge is 2.30. The fraction of sp³-hybridized carbons (Fsp3) is 0.348. The van der Waals surface area contributed by atoms with Crippen molar-refractivity contribution in [1.29, 1.82) is 0 Å². The van der Waals surface area contributed by atoms with Gasteiger partial charge in [0.15, 0.2) is 11.6 Å². The molecule has 2 aliphatic rings. The van der Waals surface area contributed by atoms with E-state index >= 15 is 0 Å². The van der Waals surface area contributed by atoms with Gasteiger partial charge in [0.25, 0.3) is 5.91 Å². The van der Waals surface area contributed by atoms with Gasteiger partial charge in [-0.2, -0.15) is 0 Å². The van der Waals surface area contributed by atoms with Crippen LogP contribution >= 0.6 is 0 Å². The van der Waals surface area contributed by atoms with E-state index in [0.29, 0.717) is 33.7 Å². The molecule has 4 rings (SSSR count). The van der Waals surface area contributed by atoms with Crippen LogP contribution in [-0.4, -0.2) is 23.5 Å². The highest BCUT2D eigenvalue weighted by molar-refractivity contribution is 6.28. The summed E-state index contributed by atoms with van der Waals surface area (Å²) in [5.41, 5.74) is 1.95. The lowest BCUT2D eigenvalue weighted by atomic mass is 9.83. The van der Waals surface area contributed by atoms with Gasteiger partial charge >= 0.3 is 0 Å². The molecule has 138 valence electrons. The molecule has 1 saturated carbocycles. The predicted octanol–water partition coefficient (Wildman–Crippen LogP) is 4.16. The van der Waals surface area contributed by atoms with E-state index in [1.165, 1.54) is 19.3 Å². The van der Waals surface area contributed by atoms with Crippen molar-refractivity contribution < 1.29 is 14.4 Å². The summed E-state index contributed by atoms with van der Waals surface area (Å²) in [6.45, 7) is 2.05. The molecule has 0 heterocycles. The highest BCUT2D eigenvalue weighted by atomic mass is 16.2. The van der Waals surface area contributed by atoms with E-state index in [0.717, 1.165) is 12.8 Å². The topological polar surface area (TPSA) is 63.2 Å². The molecule has 2 aliphatic carbocycles. The zero-order valence-electron chi connectivity index (χ0n) is 15.5. The van der Waals surface area contributed by atoms with Crippen LogP contribution in [0.4, 0.5) is 0 Å². The second-order valence-corrected chi connectivity index (χ2v) is 7.62. The first-order valence-corrected chi connectivity index (χ1v) is 9.69. The number of rotatable bonds is 3. The maximum absolute atomic E-state index is 12.8. The van der Waals surface area contributed by atoms with E-state index in [4.69, 9.17) is 0 Å². The molecule has 1 N–H and O–H groups in total. The fourth-order valence-electron chi connectivity index (χ4n) is 4.28. The molecule has 2 aromatic carbocycles. The first kappa shape index (κ1) is 17.7. The Balaban J connectivity index is 1.58. The molecule has 27 heavy (non-hydrogen) atoms. The molecule has 1 amide bonds. The van der Waals surface area contributed by atoms with Crippen LogP contribution in [0.5, 0.6) is 0 Å². The summed E-state index contributed by atoms with van der Waals surface area (Å²) in [6.07, 6.45) is 6.02. The Morgan fingerprint density at radius 2 is 1.48 bits per heavy atom. The first-order valence-electron chi connectivity index (χ1n) is 9.69. The van der Waals surface area contributed by atoms with Crippen molar-refractivity contribution in [2.45, 2.75) is 45.1 Å². The minimum Gasteiger partial charge on any atom is -0.349 e. The van der Waals surface area contributed by atoms with Crippen LogP contribution in [0.25, 0.3) is 0 Å². The number of amides is 1. The second kappa shape index (κ2) is 7.10. The predicted molar refractivity (Wildman–Crippen MR) is 103 cm³/mol. The maximum Gasteiger partial charge on any atom is 0.251 e. The highest BCUT2D eigenvalue weighted by Crippen LogP contribution is 2.29. The monoisotopic (exact) mass is 361 g/mol. The van der Waals surface area contributed by atoms with Crippen LogP contribution in [0.2, 0.25) is 0 Å². The molecule has 0 unspecified atom stereocenters. The van der Waals surface area contributed by atoms with Gasteiger partial charge in [0.2, 0.25) is 0 Å². The van der Waals surface area contributed by atoms with E-state index in [9.17, 15) is 14.4 Å². The molecule has 4 heteroatoms. The third kappa shape index (κ3) is 3.20. The standard InChI is InChI=1S/C23H23NO3/c1-14(15-7-3-2-4-8-15)24-23(27)16-11-12-19-20(13-16)22(26)18-10-6-5-9-17(18)21(19)25/h5-6,9-15H,2-4,7-8H2,1H3,(H,24,27)/t14-/m1/s1. The second-order valence-electron chi connectivity index (χ2n) is 7.62. The van der Waals surface area contributed by atoms with Crippen LogP contribution < -0.4 is 5.32 Å². The van der Waals surface area contributed by atoms with Crippen LogP contribution in [-0.2, 0) is 0 Å². The normalized spacial score (nSPS) is 17.8. The van der Waals surface area contributed by atoms with Crippen molar-refractivity contribution in [3.63, 3.8) is 0 Å². The number of carbonyl (C=O) groups is 3. The Morgan fingerprint density at radius 1 is 0.889 bits per heavy atom. The van der Waals surface area contributed by atoms with Gasteiger partial charge in [-0.1, -0.05) is 43.5 Å². The number of ketones is 2. The summed E-state index contributed by atoms with van der Waals surface area (Å²) in [5, 5.41) is 3.08. The number of nitrogens with one attached hydrogen (secondary N) is 1. The number of benzene rings is 2.